The van der Waals surface area contributed by atoms with Gasteiger partial charge in [-0.05, 0) is 12.0 Å². The van der Waals surface area contributed by atoms with Crippen molar-refractivity contribution < 1.29 is 4.74 Å². The summed E-state index contributed by atoms with van der Waals surface area (Å²) in [6, 6.07) is 10.3. The first-order valence-corrected chi connectivity index (χ1v) is 4.75. The molecule has 0 aliphatic heterocycles. The molecule has 0 aliphatic rings. The van der Waals surface area contributed by atoms with Crippen molar-refractivity contribution in [1.29, 1.82) is 0 Å². The van der Waals surface area contributed by atoms with Crippen LogP contribution in [0.2, 0.25) is 0 Å². The highest BCUT2D eigenvalue weighted by molar-refractivity contribution is 5.17. The van der Waals surface area contributed by atoms with Crippen molar-refractivity contribution in [2.24, 2.45) is 5.73 Å². The van der Waals surface area contributed by atoms with Crippen molar-refractivity contribution in [1.82, 2.24) is 0 Å². The predicted molar refractivity (Wildman–Crippen MR) is 54.5 cm³/mol. The summed E-state index contributed by atoms with van der Waals surface area (Å²) in [5.41, 5.74) is 6.62. The largest absolute Gasteiger partial charge is 0.372 e. The number of ether oxygens (including phenoxy) is 1. The van der Waals surface area contributed by atoms with E-state index in [0.29, 0.717) is 13.2 Å². The lowest BCUT2D eigenvalue weighted by molar-refractivity contribution is 0.0556. The lowest BCUT2D eigenvalue weighted by atomic mass is 10.1. The van der Waals surface area contributed by atoms with Crippen LogP contribution >= 0.6 is 0 Å². The molecule has 0 aromatic heterocycles. The van der Waals surface area contributed by atoms with Crippen molar-refractivity contribution in [3.05, 3.63) is 35.9 Å². The molecule has 0 amide bonds. The van der Waals surface area contributed by atoms with E-state index in [4.69, 9.17) is 10.5 Å². The Morgan fingerprint density at radius 3 is 2.54 bits per heavy atom. The second-order valence-corrected chi connectivity index (χ2v) is 2.97. The normalized spacial score (nSPS) is 12.8. The Kier molecular flexibility index (Phi) is 4.50. The van der Waals surface area contributed by atoms with Gasteiger partial charge in [0.05, 0.1) is 12.7 Å². The molecule has 2 N–H and O–H groups in total. The zero-order chi connectivity index (χ0) is 9.52. The number of benzene rings is 1. The van der Waals surface area contributed by atoms with Gasteiger partial charge in [-0.2, -0.15) is 0 Å². The fourth-order valence-corrected chi connectivity index (χ4v) is 1.33. The van der Waals surface area contributed by atoms with E-state index < -0.39 is 0 Å². The summed E-state index contributed by atoms with van der Waals surface area (Å²) in [5.74, 6) is 0. The minimum Gasteiger partial charge on any atom is -0.372 e. The van der Waals surface area contributed by atoms with Crippen molar-refractivity contribution in [3.63, 3.8) is 0 Å². The molecule has 2 nitrogen and oxygen atoms in total. The maximum Gasteiger partial charge on any atom is 0.0822 e. The van der Waals surface area contributed by atoms with Gasteiger partial charge in [0.15, 0.2) is 0 Å². The van der Waals surface area contributed by atoms with Crippen LogP contribution in [-0.2, 0) is 4.74 Å². The van der Waals surface area contributed by atoms with E-state index >= 15 is 0 Å². The molecule has 13 heavy (non-hydrogen) atoms. The minimum atomic E-state index is 0.199. The number of rotatable bonds is 5. The molecule has 0 aliphatic carbocycles. The third kappa shape index (κ3) is 3.17. The fourth-order valence-electron chi connectivity index (χ4n) is 1.33. The van der Waals surface area contributed by atoms with Gasteiger partial charge in [0.2, 0.25) is 0 Å². The molecule has 1 atom stereocenters. The summed E-state index contributed by atoms with van der Waals surface area (Å²) < 4.78 is 5.60. The summed E-state index contributed by atoms with van der Waals surface area (Å²) in [6.45, 7) is 3.34. The Bertz CT molecular complexity index is 223. The molecular formula is C11H17NO. The molecule has 1 rings (SSSR count). The van der Waals surface area contributed by atoms with Crippen LogP contribution < -0.4 is 5.73 Å². The molecule has 0 radical (unpaired) electrons. The Hall–Kier alpha value is -0.860. The molecule has 1 aromatic carbocycles. The van der Waals surface area contributed by atoms with Crippen molar-refractivity contribution in [3.8, 4) is 0 Å². The van der Waals surface area contributed by atoms with E-state index in [1.807, 2.05) is 18.2 Å². The smallest absolute Gasteiger partial charge is 0.0822 e. The molecule has 0 bridgehead atoms. The third-order valence-electron chi connectivity index (χ3n) is 1.98. The van der Waals surface area contributed by atoms with Crippen LogP contribution in [0.3, 0.4) is 0 Å². The summed E-state index contributed by atoms with van der Waals surface area (Å²) in [7, 11) is 0. The monoisotopic (exact) mass is 179 g/mol. The average Bonchev–Trinajstić information content (AvgIpc) is 2.21. The third-order valence-corrected chi connectivity index (χ3v) is 1.98. The highest BCUT2D eigenvalue weighted by atomic mass is 16.5. The number of hydrogen-bond acceptors (Lipinski definition) is 2. The zero-order valence-corrected chi connectivity index (χ0v) is 8.07. The Labute approximate surface area is 79.7 Å². The van der Waals surface area contributed by atoms with Crippen molar-refractivity contribution in [2.45, 2.75) is 19.4 Å². The molecule has 0 spiro atoms. The quantitative estimate of drug-likeness (QED) is 0.751. The zero-order valence-electron chi connectivity index (χ0n) is 8.07. The van der Waals surface area contributed by atoms with Gasteiger partial charge in [-0.25, -0.2) is 0 Å². The van der Waals surface area contributed by atoms with Crippen LogP contribution in [-0.4, -0.2) is 13.2 Å². The topological polar surface area (TPSA) is 35.2 Å². The van der Waals surface area contributed by atoms with Crippen molar-refractivity contribution in [2.75, 3.05) is 13.2 Å². The second kappa shape index (κ2) is 5.73. The highest BCUT2D eigenvalue weighted by Crippen LogP contribution is 2.19. The summed E-state index contributed by atoms with van der Waals surface area (Å²) >= 11 is 0. The SMILES string of the molecule is CC[C@H](OCCN)c1ccccc1. The predicted octanol–water partition coefficient (Wildman–Crippen LogP) is 2.11. The van der Waals surface area contributed by atoms with E-state index in [2.05, 4.69) is 19.1 Å². The van der Waals surface area contributed by atoms with Gasteiger partial charge < -0.3 is 10.5 Å². The van der Waals surface area contributed by atoms with Crippen LogP contribution in [0.4, 0.5) is 0 Å². The van der Waals surface area contributed by atoms with Crippen LogP contribution in [0.5, 0.6) is 0 Å². The summed E-state index contributed by atoms with van der Waals surface area (Å²) in [5, 5.41) is 0. The van der Waals surface area contributed by atoms with E-state index in [-0.39, 0.29) is 6.10 Å². The summed E-state index contributed by atoms with van der Waals surface area (Å²) in [6.07, 6.45) is 1.19. The number of nitrogens with two attached hydrogens (primary N) is 1. The molecular weight excluding hydrogens is 162 g/mol. The first-order valence-electron chi connectivity index (χ1n) is 4.75. The van der Waals surface area contributed by atoms with Gasteiger partial charge in [-0.3, -0.25) is 0 Å². The van der Waals surface area contributed by atoms with Crippen LogP contribution in [0.15, 0.2) is 30.3 Å². The van der Waals surface area contributed by atoms with Crippen LogP contribution in [0.1, 0.15) is 25.0 Å². The lowest BCUT2D eigenvalue weighted by Gasteiger charge is -2.15. The molecule has 0 saturated carbocycles. The molecule has 2 heteroatoms. The Morgan fingerprint density at radius 2 is 2.00 bits per heavy atom. The van der Waals surface area contributed by atoms with Gasteiger partial charge in [0, 0.05) is 6.54 Å². The van der Waals surface area contributed by atoms with E-state index in [9.17, 15) is 0 Å². The van der Waals surface area contributed by atoms with Crippen LogP contribution in [0, 0.1) is 0 Å². The second-order valence-electron chi connectivity index (χ2n) is 2.97. The fraction of sp³-hybridized carbons (Fsp3) is 0.455. The molecule has 1 aromatic rings. The number of hydrogen-bond donors (Lipinski definition) is 1. The molecule has 72 valence electrons. The van der Waals surface area contributed by atoms with Gasteiger partial charge in [-0.15, -0.1) is 0 Å². The highest BCUT2D eigenvalue weighted by Gasteiger charge is 2.07. The van der Waals surface area contributed by atoms with E-state index in [0.717, 1.165) is 6.42 Å². The first-order chi connectivity index (χ1) is 6.38. The first kappa shape index (κ1) is 10.2. The minimum absolute atomic E-state index is 0.199. The maximum absolute atomic E-state index is 5.60. The lowest BCUT2D eigenvalue weighted by Crippen LogP contribution is -2.12. The molecule has 0 saturated heterocycles. The average molecular weight is 179 g/mol. The van der Waals surface area contributed by atoms with Crippen molar-refractivity contribution >= 4 is 0 Å². The van der Waals surface area contributed by atoms with Gasteiger partial charge in [0.25, 0.3) is 0 Å². The Balaban J connectivity index is 2.56. The van der Waals surface area contributed by atoms with E-state index in [1.54, 1.807) is 0 Å². The van der Waals surface area contributed by atoms with Crippen LogP contribution in [0.25, 0.3) is 0 Å². The van der Waals surface area contributed by atoms with Gasteiger partial charge in [0.1, 0.15) is 0 Å². The summed E-state index contributed by atoms with van der Waals surface area (Å²) in [4.78, 5) is 0. The standard InChI is InChI=1S/C11H17NO/c1-2-11(13-9-8-12)10-6-4-3-5-7-10/h3-7,11H,2,8-9,12H2,1H3/t11-/m0/s1. The maximum atomic E-state index is 5.60. The van der Waals surface area contributed by atoms with E-state index in [1.165, 1.54) is 5.56 Å². The Morgan fingerprint density at radius 1 is 1.31 bits per heavy atom. The molecule has 0 heterocycles. The molecule has 0 unspecified atom stereocenters. The van der Waals surface area contributed by atoms with Gasteiger partial charge in [-0.1, -0.05) is 37.3 Å². The molecule has 0 fully saturated rings. The van der Waals surface area contributed by atoms with Gasteiger partial charge >= 0.3 is 0 Å².